The summed E-state index contributed by atoms with van der Waals surface area (Å²) in [5, 5.41) is 9.61. The summed E-state index contributed by atoms with van der Waals surface area (Å²) in [7, 11) is 0. The Morgan fingerprint density at radius 3 is 2.65 bits per heavy atom. The maximum absolute atomic E-state index is 9.61. The number of aliphatic hydroxyl groups excluding tert-OH is 1. The Kier molecular flexibility index (Phi) is 3.48. The van der Waals surface area contributed by atoms with Gasteiger partial charge < -0.3 is 9.67 Å². The van der Waals surface area contributed by atoms with Crippen LogP contribution in [0.5, 0.6) is 0 Å². The second kappa shape index (κ2) is 4.88. The second-order valence-electron chi connectivity index (χ2n) is 4.73. The summed E-state index contributed by atoms with van der Waals surface area (Å²) in [5.41, 5.74) is 2.13. The van der Waals surface area contributed by atoms with Gasteiger partial charge in [0.1, 0.15) is 5.82 Å². The summed E-state index contributed by atoms with van der Waals surface area (Å²) in [6.45, 7) is 6.77. The molecule has 0 aliphatic heterocycles. The van der Waals surface area contributed by atoms with E-state index in [1.165, 1.54) is 0 Å². The van der Waals surface area contributed by atoms with Crippen LogP contribution in [0.25, 0.3) is 11.0 Å². The zero-order valence-corrected chi connectivity index (χ0v) is 10.7. The molecule has 0 aliphatic rings. The standard InChI is InChI=1S/C14H20N2O/c1-4-10(2)14-15-12-7-5-6-8-13(12)16(14)9-11(3)17/h5-8,10-11,17H,4,9H2,1-3H3. The Labute approximate surface area is 102 Å². The maximum Gasteiger partial charge on any atom is 0.112 e. The lowest BCUT2D eigenvalue weighted by Gasteiger charge is -2.14. The summed E-state index contributed by atoms with van der Waals surface area (Å²) in [5.74, 6) is 1.50. The molecule has 1 aromatic carbocycles. The molecule has 0 radical (unpaired) electrons. The van der Waals surface area contributed by atoms with Crippen LogP contribution in [0.4, 0.5) is 0 Å². The predicted octanol–water partition coefficient (Wildman–Crippen LogP) is 2.93. The predicted molar refractivity (Wildman–Crippen MR) is 70.1 cm³/mol. The van der Waals surface area contributed by atoms with Crippen LogP contribution in [0.1, 0.15) is 38.9 Å². The van der Waals surface area contributed by atoms with Crippen molar-refractivity contribution in [1.82, 2.24) is 9.55 Å². The number of aliphatic hydroxyl groups is 1. The van der Waals surface area contributed by atoms with Gasteiger partial charge >= 0.3 is 0 Å². The van der Waals surface area contributed by atoms with E-state index in [1.54, 1.807) is 0 Å². The number of hydrogen-bond donors (Lipinski definition) is 1. The highest BCUT2D eigenvalue weighted by Crippen LogP contribution is 2.24. The molecule has 0 saturated carbocycles. The molecule has 3 heteroatoms. The lowest BCUT2D eigenvalue weighted by molar-refractivity contribution is 0.173. The Morgan fingerprint density at radius 2 is 2.00 bits per heavy atom. The molecule has 2 rings (SSSR count). The molecule has 0 spiro atoms. The first kappa shape index (κ1) is 12.1. The Hall–Kier alpha value is -1.35. The number of para-hydroxylation sites is 2. The van der Waals surface area contributed by atoms with Gasteiger partial charge in [0.25, 0.3) is 0 Å². The molecule has 0 saturated heterocycles. The van der Waals surface area contributed by atoms with Crippen LogP contribution >= 0.6 is 0 Å². The Bertz CT molecular complexity index is 502. The van der Waals surface area contributed by atoms with E-state index in [4.69, 9.17) is 0 Å². The summed E-state index contributed by atoms with van der Waals surface area (Å²) in [6.07, 6.45) is 0.707. The van der Waals surface area contributed by atoms with Crippen molar-refractivity contribution in [2.45, 2.75) is 45.8 Å². The van der Waals surface area contributed by atoms with Gasteiger partial charge in [-0.05, 0) is 25.5 Å². The molecule has 2 aromatic rings. The van der Waals surface area contributed by atoms with Crippen molar-refractivity contribution < 1.29 is 5.11 Å². The van der Waals surface area contributed by atoms with Gasteiger partial charge in [-0.2, -0.15) is 0 Å². The Morgan fingerprint density at radius 1 is 1.29 bits per heavy atom. The molecule has 0 bridgehead atoms. The molecule has 2 atom stereocenters. The second-order valence-corrected chi connectivity index (χ2v) is 4.73. The zero-order valence-electron chi connectivity index (χ0n) is 10.7. The van der Waals surface area contributed by atoms with Crippen LogP contribution in [0.15, 0.2) is 24.3 Å². The number of fused-ring (bicyclic) bond motifs is 1. The summed E-state index contributed by atoms with van der Waals surface area (Å²) >= 11 is 0. The molecule has 17 heavy (non-hydrogen) atoms. The molecule has 2 unspecified atom stereocenters. The van der Waals surface area contributed by atoms with Gasteiger partial charge in [0, 0.05) is 5.92 Å². The molecule has 0 amide bonds. The van der Waals surface area contributed by atoms with Gasteiger partial charge in [-0.15, -0.1) is 0 Å². The first-order chi connectivity index (χ1) is 8.13. The van der Waals surface area contributed by atoms with Gasteiger partial charge in [0.2, 0.25) is 0 Å². The molecule has 1 heterocycles. The smallest absolute Gasteiger partial charge is 0.112 e. The third-order valence-corrected chi connectivity index (χ3v) is 3.18. The van der Waals surface area contributed by atoms with Crippen molar-refractivity contribution in [3.05, 3.63) is 30.1 Å². The van der Waals surface area contributed by atoms with Crippen molar-refractivity contribution >= 4 is 11.0 Å². The average Bonchev–Trinajstić information content (AvgIpc) is 2.67. The molecule has 3 nitrogen and oxygen atoms in total. The summed E-state index contributed by atoms with van der Waals surface area (Å²) in [6, 6.07) is 8.11. The first-order valence-corrected chi connectivity index (χ1v) is 6.26. The van der Waals surface area contributed by atoms with Gasteiger partial charge in [-0.3, -0.25) is 0 Å². The third-order valence-electron chi connectivity index (χ3n) is 3.18. The number of imidazole rings is 1. The minimum atomic E-state index is -0.351. The van der Waals surface area contributed by atoms with Crippen molar-refractivity contribution in [2.75, 3.05) is 0 Å². The van der Waals surface area contributed by atoms with Crippen molar-refractivity contribution in [3.63, 3.8) is 0 Å². The molecule has 0 aliphatic carbocycles. The normalized spacial score (nSPS) is 15.1. The van der Waals surface area contributed by atoms with E-state index in [-0.39, 0.29) is 6.10 Å². The van der Waals surface area contributed by atoms with Gasteiger partial charge in [0.15, 0.2) is 0 Å². The topological polar surface area (TPSA) is 38.0 Å². The van der Waals surface area contributed by atoms with E-state index < -0.39 is 0 Å². The minimum Gasteiger partial charge on any atom is -0.392 e. The molecule has 1 aromatic heterocycles. The van der Waals surface area contributed by atoms with Gasteiger partial charge in [-0.25, -0.2) is 4.98 Å². The molecular weight excluding hydrogens is 212 g/mol. The minimum absolute atomic E-state index is 0.351. The number of benzene rings is 1. The first-order valence-electron chi connectivity index (χ1n) is 6.26. The average molecular weight is 232 g/mol. The number of aromatic nitrogens is 2. The highest BCUT2D eigenvalue weighted by Gasteiger charge is 2.15. The summed E-state index contributed by atoms with van der Waals surface area (Å²) < 4.78 is 2.15. The maximum atomic E-state index is 9.61. The van der Waals surface area contributed by atoms with Gasteiger partial charge in [-0.1, -0.05) is 26.0 Å². The highest BCUT2D eigenvalue weighted by atomic mass is 16.3. The van der Waals surface area contributed by atoms with E-state index in [1.807, 2.05) is 25.1 Å². The van der Waals surface area contributed by atoms with Crippen LogP contribution < -0.4 is 0 Å². The van der Waals surface area contributed by atoms with Crippen molar-refractivity contribution in [3.8, 4) is 0 Å². The Balaban J connectivity index is 2.56. The number of rotatable bonds is 4. The largest absolute Gasteiger partial charge is 0.392 e. The van der Waals surface area contributed by atoms with Crippen molar-refractivity contribution in [1.29, 1.82) is 0 Å². The van der Waals surface area contributed by atoms with Crippen LogP contribution in [0.3, 0.4) is 0 Å². The van der Waals surface area contributed by atoms with E-state index in [2.05, 4.69) is 29.5 Å². The zero-order chi connectivity index (χ0) is 12.4. The van der Waals surface area contributed by atoms with E-state index in [9.17, 15) is 5.11 Å². The SMILES string of the molecule is CCC(C)c1nc2ccccc2n1CC(C)O. The molecule has 1 N–H and O–H groups in total. The summed E-state index contributed by atoms with van der Waals surface area (Å²) in [4.78, 5) is 4.69. The molecule has 0 fully saturated rings. The number of hydrogen-bond acceptors (Lipinski definition) is 2. The fourth-order valence-electron chi connectivity index (χ4n) is 2.11. The third kappa shape index (κ3) is 2.34. The molecular formula is C14H20N2O. The monoisotopic (exact) mass is 232 g/mol. The van der Waals surface area contributed by atoms with E-state index in [0.29, 0.717) is 12.5 Å². The quantitative estimate of drug-likeness (QED) is 0.880. The fraction of sp³-hybridized carbons (Fsp3) is 0.500. The van der Waals surface area contributed by atoms with E-state index >= 15 is 0 Å². The molecule has 92 valence electrons. The van der Waals surface area contributed by atoms with Crippen LogP contribution in [0, 0.1) is 0 Å². The van der Waals surface area contributed by atoms with Crippen LogP contribution in [-0.4, -0.2) is 20.8 Å². The van der Waals surface area contributed by atoms with Crippen LogP contribution in [-0.2, 0) is 6.54 Å². The van der Waals surface area contributed by atoms with Gasteiger partial charge in [0.05, 0.1) is 23.7 Å². The lowest BCUT2D eigenvalue weighted by Crippen LogP contribution is -2.15. The highest BCUT2D eigenvalue weighted by molar-refractivity contribution is 5.76. The lowest BCUT2D eigenvalue weighted by atomic mass is 10.1. The van der Waals surface area contributed by atoms with E-state index in [0.717, 1.165) is 23.3 Å². The number of nitrogens with zero attached hydrogens (tertiary/aromatic N) is 2. The van der Waals surface area contributed by atoms with Crippen LogP contribution in [0.2, 0.25) is 0 Å². The van der Waals surface area contributed by atoms with Crippen molar-refractivity contribution in [2.24, 2.45) is 0 Å². The fourth-order valence-corrected chi connectivity index (χ4v) is 2.11.